The maximum atomic E-state index is 5.92. The molecule has 1 aliphatic heterocycles. The topological polar surface area (TPSA) is 28.4 Å². The zero-order chi connectivity index (χ0) is 13.9. The standard InChI is InChI=1S/C17H24N2O/c1-3-19-10-6-8-15(19)12-18-13(2)17-11-14-7-4-5-9-16(14)20-17/h4-5,7,9,11,13,15,18H,3,6,8,10,12H2,1-2H3. The second-order valence-corrected chi connectivity index (χ2v) is 5.74. The van der Waals surface area contributed by atoms with Gasteiger partial charge in [-0.1, -0.05) is 25.1 Å². The monoisotopic (exact) mass is 272 g/mol. The number of benzene rings is 1. The maximum absolute atomic E-state index is 5.92. The summed E-state index contributed by atoms with van der Waals surface area (Å²) in [4.78, 5) is 2.57. The molecule has 2 unspecified atom stereocenters. The summed E-state index contributed by atoms with van der Waals surface area (Å²) < 4.78 is 5.92. The van der Waals surface area contributed by atoms with Gasteiger partial charge in [0.15, 0.2) is 0 Å². The molecule has 3 rings (SSSR count). The van der Waals surface area contributed by atoms with E-state index in [2.05, 4.69) is 42.3 Å². The number of likely N-dealkylation sites (tertiary alicyclic amines) is 1. The van der Waals surface area contributed by atoms with E-state index in [0.29, 0.717) is 6.04 Å². The van der Waals surface area contributed by atoms with Crippen LogP contribution in [0, 0.1) is 0 Å². The Morgan fingerprint density at radius 3 is 3.05 bits per heavy atom. The Morgan fingerprint density at radius 1 is 1.40 bits per heavy atom. The van der Waals surface area contributed by atoms with Crippen LogP contribution >= 0.6 is 0 Å². The van der Waals surface area contributed by atoms with Gasteiger partial charge in [-0.15, -0.1) is 0 Å². The Hall–Kier alpha value is -1.32. The van der Waals surface area contributed by atoms with Crippen molar-refractivity contribution in [2.75, 3.05) is 19.6 Å². The molecule has 2 heterocycles. The van der Waals surface area contributed by atoms with Crippen LogP contribution in [-0.2, 0) is 0 Å². The molecule has 3 heteroatoms. The summed E-state index contributed by atoms with van der Waals surface area (Å²) in [6, 6.07) is 11.3. The van der Waals surface area contributed by atoms with E-state index in [0.717, 1.165) is 24.4 Å². The maximum Gasteiger partial charge on any atom is 0.134 e. The predicted molar refractivity (Wildman–Crippen MR) is 82.9 cm³/mol. The minimum Gasteiger partial charge on any atom is -0.459 e. The summed E-state index contributed by atoms with van der Waals surface area (Å²) >= 11 is 0. The van der Waals surface area contributed by atoms with Crippen LogP contribution in [0.3, 0.4) is 0 Å². The fourth-order valence-electron chi connectivity index (χ4n) is 3.17. The lowest BCUT2D eigenvalue weighted by Gasteiger charge is -2.24. The van der Waals surface area contributed by atoms with E-state index in [1.54, 1.807) is 0 Å². The van der Waals surface area contributed by atoms with E-state index in [-0.39, 0.29) is 6.04 Å². The van der Waals surface area contributed by atoms with E-state index >= 15 is 0 Å². The molecule has 0 bridgehead atoms. The van der Waals surface area contributed by atoms with Gasteiger partial charge in [-0.05, 0) is 45.0 Å². The van der Waals surface area contributed by atoms with Gasteiger partial charge in [0.2, 0.25) is 0 Å². The smallest absolute Gasteiger partial charge is 0.134 e. The molecule has 2 aromatic rings. The van der Waals surface area contributed by atoms with Crippen molar-refractivity contribution in [2.45, 2.75) is 38.8 Å². The lowest BCUT2D eigenvalue weighted by Crippen LogP contribution is -2.38. The third-order valence-corrected chi connectivity index (χ3v) is 4.44. The average Bonchev–Trinajstić information content (AvgIpc) is 3.10. The summed E-state index contributed by atoms with van der Waals surface area (Å²) in [5.41, 5.74) is 0.979. The van der Waals surface area contributed by atoms with Crippen LogP contribution in [0.15, 0.2) is 34.7 Å². The number of para-hydroxylation sites is 1. The Kier molecular flexibility index (Phi) is 4.08. The van der Waals surface area contributed by atoms with Crippen molar-refractivity contribution in [3.05, 3.63) is 36.1 Å². The minimum absolute atomic E-state index is 0.265. The lowest BCUT2D eigenvalue weighted by atomic mass is 10.2. The van der Waals surface area contributed by atoms with E-state index in [1.165, 1.54) is 24.8 Å². The first-order valence-electron chi connectivity index (χ1n) is 7.74. The summed E-state index contributed by atoms with van der Waals surface area (Å²) in [7, 11) is 0. The predicted octanol–water partition coefficient (Wildman–Crippen LogP) is 3.57. The third kappa shape index (κ3) is 2.74. The van der Waals surface area contributed by atoms with Crippen LogP contribution in [0.5, 0.6) is 0 Å². The second kappa shape index (κ2) is 5.98. The summed E-state index contributed by atoms with van der Waals surface area (Å²) in [5.74, 6) is 1.03. The molecule has 1 N–H and O–H groups in total. The summed E-state index contributed by atoms with van der Waals surface area (Å²) in [5, 5.41) is 4.82. The number of nitrogens with one attached hydrogen (secondary N) is 1. The quantitative estimate of drug-likeness (QED) is 0.902. The Balaban J connectivity index is 1.62. The highest BCUT2D eigenvalue weighted by molar-refractivity contribution is 5.77. The molecule has 1 aromatic heterocycles. The van der Waals surface area contributed by atoms with Crippen molar-refractivity contribution in [1.82, 2.24) is 10.2 Å². The highest BCUT2D eigenvalue weighted by Gasteiger charge is 2.23. The van der Waals surface area contributed by atoms with Crippen molar-refractivity contribution < 1.29 is 4.42 Å². The Labute approximate surface area is 120 Å². The molecule has 0 spiro atoms. The molecule has 2 atom stereocenters. The van der Waals surface area contributed by atoms with Crippen molar-refractivity contribution in [3.8, 4) is 0 Å². The van der Waals surface area contributed by atoms with Gasteiger partial charge >= 0.3 is 0 Å². The van der Waals surface area contributed by atoms with Crippen LogP contribution in [0.2, 0.25) is 0 Å². The van der Waals surface area contributed by atoms with Gasteiger partial charge in [0.05, 0.1) is 6.04 Å². The number of fused-ring (bicyclic) bond motifs is 1. The molecular weight excluding hydrogens is 248 g/mol. The molecular formula is C17H24N2O. The Bertz CT molecular complexity index is 530. The molecule has 1 fully saturated rings. The normalized spacial score (nSPS) is 21.6. The molecule has 0 aliphatic carbocycles. The van der Waals surface area contributed by atoms with Gasteiger partial charge in [-0.25, -0.2) is 0 Å². The van der Waals surface area contributed by atoms with Crippen molar-refractivity contribution in [1.29, 1.82) is 0 Å². The van der Waals surface area contributed by atoms with Crippen molar-refractivity contribution in [2.24, 2.45) is 0 Å². The molecule has 20 heavy (non-hydrogen) atoms. The fourth-order valence-corrected chi connectivity index (χ4v) is 3.17. The number of nitrogens with zero attached hydrogens (tertiary/aromatic N) is 1. The molecule has 1 saturated heterocycles. The Morgan fingerprint density at radius 2 is 2.25 bits per heavy atom. The third-order valence-electron chi connectivity index (χ3n) is 4.44. The average molecular weight is 272 g/mol. The number of hydrogen-bond donors (Lipinski definition) is 1. The molecule has 0 saturated carbocycles. The first-order valence-corrected chi connectivity index (χ1v) is 7.74. The van der Waals surface area contributed by atoms with Gasteiger partial charge in [0.1, 0.15) is 11.3 Å². The van der Waals surface area contributed by atoms with E-state index < -0.39 is 0 Å². The van der Waals surface area contributed by atoms with Crippen LogP contribution in [0.4, 0.5) is 0 Å². The number of hydrogen-bond acceptors (Lipinski definition) is 3. The van der Waals surface area contributed by atoms with Gasteiger partial charge in [0, 0.05) is 18.0 Å². The van der Waals surface area contributed by atoms with Crippen LogP contribution < -0.4 is 5.32 Å². The van der Waals surface area contributed by atoms with Gasteiger partial charge in [-0.2, -0.15) is 0 Å². The van der Waals surface area contributed by atoms with E-state index in [9.17, 15) is 0 Å². The second-order valence-electron chi connectivity index (χ2n) is 5.74. The highest BCUT2D eigenvalue weighted by atomic mass is 16.3. The highest BCUT2D eigenvalue weighted by Crippen LogP contribution is 2.24. The SMILES string of the molecule is CCN1CCCC1CNC(C)c1cc2ccccc2o1. The lowest BCUT2D eigenvalue weighted by molar-refractivity contribution is 0.252. The zero-order valence-electron chi connectivity index (χ0n) is 12.4. The molecule has 1 aliphatic rings. The summed E-state index contributed by atoms with van der Waals surface area (Å²) in [6.07, 6.45) is 2.65. The summed E-state index contributed by atoms with van der Waals surface area (Å²) in [6.45, 7) is 7.89. The van der Waals surface area contributed by atoms with Crippen molar-refractivity contribution >= 4 is 11.0 Å². The van der Waals surface area contributed by atoms with E-state index in [4.69, 9.17) is 4.42 Å². The molecule has 1 aromatic carbocycles. The number of likely N-dealkylation sites (N-methyl/N-ethyl adjacent to an activating group) is 1. The largest absolute Gasteiger partial charge is 0.459 e. The van der Waals surface area contributed by atoms with Crippen LogP contribution in [0.1, 0.15) is 38.5 Å². The minimum atomic E-state index is 0.265. The number of furan rings is 1. The van der Waals surface area contributed by atoms with Crippen LogP contribution in [0.25, 0.3) is 11.0 Å². The molecule has 0 radical (unpaired) electrons. The van der Waals surface area contributed by atoms with Gasteiger partial charge in [0.25, 0.3) is 0 Å². The van der Waals surface area contributed by atoms with Gasteiger partial charge in [-0.3, -0.25) is 4.90 Å². The molecule has 0 amide bonds. The fraction of sp³-hybridized carbons (Fsp3) is 0.529. The first kappa shape index (κ1) is 13.7. The van der Waals surface area contributed by atoms with Crippen LogP contribution in [-0.4, -0.2) is 30.6 Å². The first-order chi connectivity index (χ1) is 9.78. The van der Waals surface area contributed by atoms with Crippen molar-refractivity contribution in [3.63, 3.8) is 0 Å². The molecule has 108 valence electrons. The van der Waals surface area contributed by atoms with Gasteiger partial charge < -0.3 is 9.73 Å². The number of rotatable bonds is 5. The zero-order valence-corrected chi connectivity index (χ0v) is 12.4. The van der Waals surface area contributed by atoms with E-state index in [1.807, 2.05) is 12.1 Å². The molecule has 3 nitrogen and oxygen atoms in total.